The second kappa shape index (κ2) is 6.37. The molecule has 0 saturated heterocycles. The molecule has 0 radical (unpaired) electrons. The van der Waals surface area contributed by atoms with Crippen molar-refractivity contribution in [3.63, 3.8) is 0 Å². The van der Waals surface area contributed by atoms with Crippen molar-refractivity contribution < 1.29 is 9.59 Å². The Morgan fingerprint density at radius 3 is 2.36 bits per heavy atom. The predicted octanol–water partition coefficient (Wildman–Crippen LogP) is -0.175. The molecule has 5 nitrogen and oxygen atoms in total. The molecule has 2 amide bonds. The van der Waals surface area contributed by atoms with Crippen molar-refractivity contribution in [1.82, 2.24) is 15.5 Å². The van der Waals surface area contributed by atoms with Gasteiger partial charge in [-0.15, -0.1) is 0 Å². The summed E-state index contributed by atoms with van der Waals surface area (Å²) in [6.07, 6.45) is 0. The summed E-state index contributed by atoms with van der Waals surface area (Å²) in [5.74, 6) is -0.0173. The highest BCUT2D eigenvalue weighted by atomic mass is 16.2. The molecule has 1 atom stereocenters. The summed E-state index contributed by atoms with van der Waals surface area (Å²) in [6.45, 7) is 4.46. The second-order valence-corrected chi connectivity index (χ2v) is 3.23. The Bertz CT molecular complexity index is 206. The minimum Gasteiger partial charge on any atom is -0.337 e. The van der Waals surface area contributed by atoms with Gasteiger partial charge in [-0.3, -0.25) is 4.79 Å². The van der Waals surface area contributed by atoms with E-state index in [1.165, 1.54) is 11.8 Å². The lowest BCUT2D eigenvalue weighted by molar-refractivity contribution is -0.120. The molecule has 0 rings (SSSR count). The van der Waals surface area contributed by atoms with E-state index < -0.39 is 0 Å². The lowest BCUT2D eigenvalue weighted by Gasteiger charge is -2.22. The van der Waals surface area contributed by atoms with Crippen LogP contribution in [-0.2, 0) is 4.79 Å². The van der Waals surface area contributed by atoms with Gasteiger partial charge in [0.2, 0.25) is 0 Å². The van der Waals surface area contributed by atoms with Crippen molar-refractivity contribution in [2.24, 2.45) is 0 Å². The molecule has 0 aliphatic carbocycles. The summed E-state index contributed by atoms with van der Waals surface area (Å²) in [5, 5.41) is 5.61. The van der Waals surface area contributed by atoms with Crippen LogP contribution in [0.2, 0.25) is 0 Å². The van der Waals surface area contributed by atoms with E-state index in [9.17, 15) is 9.59 Å². The Labute approximate surface area is 84.8 Å². The van der Waals surface area contributed by atoms with Gasteiger partial charge >= 0.3 is 6.03 Å². The molecule has 0 heterocycles. The highest BCUT2D eigenvalue weighted by Crippen LogP contribution is 1.96. The SMILES string of the molecule is CNCCNC(=O)N(C)C(C)C(C)=O. The second-order valence-electron chi connectivity index (χ2n) is 3.23. The number of hydrogen-bond acceptors (Lipinski definition) is 3. The zero-order chi connectivity index (χ0) is 11.1. The van der Waals surface area contributed by atoms with E-state index in [1.54, 1.807) is 14.0 Å². The highest BCUT2D eigenvalue weighted by Gasteiger charge is 2.18. The number of carbonyl (C=O) groups is 2. The largest absolute Gasteiger partial charge is 0.337 e. The standard InChI is InChI=1S/C9H19N3O2/c1-7(8(2)13)12(4)9(14)11-6-5-10-3/h7,10H,5-6H2,1-4H3,(H,11,14). The van der Waals surface area contributed by atoms with E-state index in [2.05, 4.69) is 10.6 Å². The molecular weight excluding hydrogens is 182 g/mol. The fourth-order valence-corrected chi connectivity index (χ4v) is 0.868. The molecule has 5 heteroatoms. The van der Waals surface area contributed by atoms with Gasteiger partial charge in [-0.05, 0) is 20.9 Å². The third-order valence-electron chi connectivity index (χ3n) is 2.14. The monoisotopic (exact) mass is 201 g/mol. The minimum absolute atomic E-state index is 0.0173. The number of hydrogen-bond donors (Lipinski definition) is 2. The first-order valence-electron chi connectivity index (χ1n) is 4.66. The van der Waals surface area contributed by atoms with Crippen molar-refractivity contribution >= 4 is 11.8 Å². The summed E-state index contributed by atoms with van der Waals surface area (Å²) in [4.78, 5) is 23.8. The summed E-state index contributed by atoms with van der Waals surface area (Å²) in [7, 11) is 3.43. The fourth-order valence-electron chi connectivity index (χ4n) is 0.868. The number of likely N-dealkylation sites (N-methyl/N-ethyl adjacent to an activating group) is 2. The average Bonchev–Trinajstić information content (AvgIpc) is 2.15. The normalized spacial score (nSPS) is 12.0. The number of ketones is 1. The maximum Gasteiger partial charge on any atom is 0.317 e. The quantitative estimate of drug-likeness (QED) is 0.607. The summed E-state index contributed by atoms with van der Waals surface area (Å²) in [6, 6.07) is -0.590. The molecule has 0 aromatic carbocycles. The lowest BCUT2D eigenvalue weighted by atomic mass is 10.2. The molecule has 82 valence electrons. The highest BCUT2D eigenvalue weighted by molar-refractivity contribution is 5.86. The number of amides is 2. The topological polar surface area (TPSA) is 61.4 Å². The first-order chi connectivity index (χ1) is 6.50. The van der Waals surface area contributed by atoms with Gasteiger partial charge in [-0.1, -0.05) is 0 Å². The van der Waals surface area contributed by atoms with E-state index in [1.807, 2.05) is 7.05 Å². The van der Waals surface area contributed by atoms with E-state index in [4.69, 9.17) is 0 Å². The predicted molar refractivity (Wildman–Crippen MR) is 55.2 cm³/mol. The van der Waals surface area contributed by atoms with Crippen LogP contribution in [0.3, 0.4) is 0 Å². The van der Waals surface area contributed by atoms with Gasteiger partial charge in [0.1, 0.15) is 0 Å². The zero-order valence-corrected chi connectivity index (χ0v) is 9.26. The number of rotatable bonds is 5. The maximum absolute atomic E-state index is 11.4. The zero-order valence-electron chi connectivity index (χ0n) is 9.26. The number of urea groups is 1. The van der Waals surface area contributed by atoms with Crippen molar-refractivity contribution in [3.05, 3.63) is 0 Å². The van der Waals surface area contributed by atoms with Gasteiger partial charge in [0.25, 0.3) is 0 Å². The third kappa shape index (κ3) is 4.23. The Morgan fingerprint density at radius 2 is 1.93 bits per heavy atom. The molecule has 0 aliphatic rings. The van der Waals surface area contributed by atoms with Crippen molar-refractivity contribution in [1.29, 1.82) is 0 Å². The van der Waals surface area contributed by atoms with Gasteiger partial charge in [0, 0.05) is 20.1 Å². The van der Waals surface area contributed by atoms with Crippen LogP contribution in [0.1, 0.15) is 13.8 Å². The summed E-state index contributed by atoms with van der Waals surface area (Å²) >= 11 is 0. The summed E-state index contributed by atoms with van der Waals surface area (Å²) < 4.78 is 0. The number of Topliss-reactive ketones (excluding diaryl/α,β-unsaturated/α-hetero) is 1. The van der Waals surface area contributed by atoms with Crippen LogP contribution in [0.5, 0.6) is 0 Å². The minimum atomic E-state index is -0.371. The van der Waals surface area contributed by atoms with Crippen molar-refractivity contribution in [2.75, 3.05) is 27.2 Å². The Balaban J connectivity index is 3.92. The van der Waals surface area contributed by atoms with Crippen LogP contribution < -0.4 is 10.6 Å². The molecule has 0 aromatic heterocycles. The first-order valence-corrected chi connectivity index (χ1v) is 4.66. The van der Waals surface area contributed by atoms with Gasteiger partial charge < -0.3 is 15.5 Å². The number of carbonyl (C=O) groups excluding carboxylic acids is 2. The van der Waals surface area contributed by atoms with E-state index >= 15 is 0 Å². The molecule has 0 spiro atoms. The lowest BCUT2D eigenvalue weighted by Crippen LogP contribution is -2.46. The average molecular weight is 201 g/mol. The molecule has 0 aliphatic heterocycles. The molecule has 14 heavy (non-hydrogen) atoms. The molecule has 2 N–H and O–H groups in total. The smallest absolute Gasteiger partial charge is 0.317 e. The van der Waals surface area contributed by atoms with Crippen LogP contribution in [0, 0.1) is 0 Å². The van der Waals surface area contributed by atoms with Crippen LogP contribution in [0.25, 0.3) is 0 Å². The number of nitrogens with one attached hydrogen (secondary N) is 2. The van der Waals surface area contributed by atoms with Crippen molar-refractivity contribution in [2.45, 2.75) is 19.9 Å². The van der Waals surface area contributed by atoms with Gasteiger partial charge in [-0.25, -0.2) is 4.79 Å². The molecule has 0 fully saturated rings. The Morgan fingerprint density at radius 1 is 1.36 bits per heavy atom. The maximum atomic E-state index is 11.4. The van der Waals surface area contributed by atoms with Gasteiger partial charge in [0.05, 0.1) is 6.04 Å². The molecule has 0 aromatic rings. The fraction of sp³-hybridized carbons (Fsp3) is 0.778. The summed E-state index contributed by atoms with van der Waals surface area (Å²) in [5.41, 5.74) is 0. The van der Waals surface area contributed by atoms with Gasteiger partial charge in [-0.2, -0.15) is 0 Å². The molecule has 0 saturated carbocycles. The Hall–Kier alpha value is -1.10. The van der Waals surface area contributed by atoms with Crippen LogP contribution in [0.15, 0.2) is 0 Å². The van der Waals surface area contributed by atoms with E-state index in [-0.39, 0.29) is 17.9 Å². The van der Waals surface area contributed by atoms with Gasteiger partial charge in [0.15, 0.2) is 5.78 Å². The van der Waals surface area contributed by atoms with Crippen LogP contribution in [0.4, 0.5) is 4.79 Å². The molecule has 1 unspecified atom stereocenters. The van der Waals surface area contributed by atoms with E-state index in [0.29, 0.717) is 13.1 Å². The third-order valence-corrected chi connectivity index (χ3v) is 2.14. The molecular formula is C9H19N3O2. The Kier molecular flexibility index (Phi) is 5.87. The van der Waals surface area contributed by atoms with Crippen LogP contribution in [-0.4, -0.2) is 49.9 Å². The molecule has 0 bridgehead atoms. The van der Waals surface area contributed by atoms with Crippen molar-refractivity contribution in [3.8, 4) is 0 Å². The van der Waals surface area contributed by atoms with Crippen LogP contribution >= 0.6 is 0 Å². The first kappa shape index (κ1) is 12.9. The number of nitrogens with zero attached hydrogens (tertiary/aromatic N) is 1. The van der Waals surface area contributed by atoms with E-state index in [0.717, 1.165) is 0 Å².